The van der Waals surface area contributed by atoms with E-state index < -0.39 is 0 Å². The average Bonchev–Trinajstić information content (AvgIpc) is 2.92. The number of furan rings is 1. The van der Waals surface area contributed by atoms with E-state index in [1.165, 1.54) is 6.07 Å². The molecule has 0 aliphatic heterocycles. The summed E-state index contributed by atoms with van der Waals surface area (Å²) in [6, 6.07) is 8.35. The van der Waals surface area contributed by atoms with Crippen LogP contribution in [0.5, 0.6) is 0 Å². The lowest BCUT2D eigenvalue weighted by molar-refractivity contribution is 0.217. The highest BCUT2D eigenvalue weighted by Crippen LogP contribution is 2.21. The number of aliphatic hydroxyl groups is 1. The van der Waals surface area contributed by atoms with Crippen molar-refractivity contribution >= 4 is 0 Å². The number of aliphatic hydroxyl groups excluding tert-OH is 1. The minimum atomic E-state index is -0.297. The van der Waals surface area contributed by atoms with Crippen LogP contribution in [0.2, 0.25) is 0 Å². The van der Waals surface area contributed by atoms with Crippen molar-refractivity contribution in [2.75, 3.05) is 6.61 Å². The van der Waals surface area contributed by atoms with Gasteiger partial charge in [0.1, 0.15) is 11.6 Å². The van der Waals surface area contributed by atoms with Gasteiger partial charge >= 0.3 is 0 Å². The first-order chi connectivity index (χ1) is 9.11. The molecule has 2 atom stereocenters. The lowest BCUT2D eigenvalue weighted by Gasteiger charge is -2.20. The summed E-state index contributed by atoms with van der Waals surface area (Å²) in [5.74, 6) is 0.451. The Morgan fingerprint density at radius 3 is 2.74 bits per heavy atom. The van der Waals surface area contributed by atoms with E-state index in [1.807, 2.05) is 13.0 Å². The number of hydrogen-bond acceptors (Lipinski definition) is 3. The molecule has 2 unspecified atom stereocenters. The second-order valence-electron chi connectivity index (χ2n) is 4.65. The molecule has 19 heavy (non-hydrogen) atoms. The first kappa shape index (κ1) is 13.8. The van der Waals surface area contributed by atoms with Gasteiger partial charge in [0.15, 0.2) is 0 Å². The molecule has 0 saturated carbocycles. The molecule has 0 aliphatic carbocycles. The van der Waals surface area contributed by atoms with E-state index in [2.05, 4.69) is 5.32 Å². The van der Waals surface area contributed by atoms with Crippen LogP contribution in [-0.4, -0.2) is 11.7 Å². The topological polar surface area (TPSA) is 45.4 Å². The van der Waals surface area contributed by atoms with Crippen LogP contribution in [0.25, 0.3) is 0 Å². The molecule has 0 fully saturated rings. The van der Waals surface area contributed by atoms with Gasteiger partial charge in [-0.05, 0) is 43.2 Å². The van der Waals surface area contributed by atoms with Crippen molar-refractivity contribution in [3.05, 3.63) is 59.3 Å². The van der Waals surface area contributed by atoms with Crippen LogP contribution in [0, 0.1) is 12.7 Å². The summed E-state index contributed by atoms with van der Waals surface area (Å²) in [4.78, 5) is 0. The summed E-state index contributed by atoms with van der Waals surface area (Å²) >= 11 is 0. The Labute approximate surface area is 112 Å². The number of aryl methyl sites for hydroxylation is 1. The fourth-order valence-corrected chi connectivity index (χ4v) is 1.99. The zero-order valence-electron chi connectivity index (χ0n) is 11.1. The van der Waals surface area contributed by atoms with Gasteiger partial charge in [0.05, 0.1) is 18.9 Å². The minimum absolute atomic E-state index is 0.0772. The van der Waals surface area contributed by atoms with E-state index >= 15 is 0 Å². The van der Waals surface area contributed by atoms with Crippen molar-refractivity contribution in [3.8, 4) is 0 Å². The van der Waals surface area contributed by atoms with E-state index in [0.29, 0.717) is 11.3 Å². The number of hydrogen-bond donors (Lipinski definition) is 2. The third-order valence-corrected chi connectivity index (χ3v) is 3.22. The Morgan fingerprint density at radius 1 is 1.37 bits per heavy atom. The maximum Gasteiger partial charge on any atom is 0.126 e. The van der Waals surface area contributed by atoms with Crippen molar-refractivity contribution in [2.45, 2.75) is 25.9 Å². The SMILES string of the molecule is Cc1ccc(C(C)NC(CO)c2ccco2)cc1F. The van der Waals surface area contributed by atoms with Crippen molar-refractivity contribution in [1.29, 1.82) is 0 Å². The first-order valence-electron chi connectivity index (χ1n) is 6.28. The van der Waals surface area contributed by atoms with Crippen LogP contribution in [0.4, 0.5) is 4.39 Å². The van der Waals surface area contributed by atoms with Gasteiger partial charge in [-0.2, -0.15) is 0 Å². The predicted molar refractivity (Wildman–Crippen MR) is 71.2 cm³/mol. The lowest BCUT2D eigenvalue weighted by Crippen LogP contribution is -2.27. The van der Waals surface area contributed by atoms with E-state index in [-0.39, 0.29) is 24.5 Å². The molecule has 2 N–H and O–H groups in total. The molecule has 1 aromatic carbocycles. The highest BCUT2D eigenvalue weighted by molar-refractivity contribution is 5.25. The van der Waals surface area contributed by atoms with E-state index in [4.69, 9.17) is 4.42 Å². The normalized spacial score (nSPS) is 14.3. The highest BCUT2D eigenvalue weighted by atomic mass is 19.1. The predicted octanol–water partition coefficient (Wildman–Crippen LogP) is 3.11. The number of benzene rings is 1. The fourth-order valence-electron chi connectivity index (χ4n) is 1.99. The summed E-state index contributed by atoms with van der Waals surface area (Å²) in [5, 5.41) is 12.6. The fraction of sp³-hybridized carbons (Fsp3) is 0.333. The number of nitrogens with one attached hydrogen (secondary N) is 1. The van der Waals surface area contributed by atoms with Crippen LogP contribution in [0.3, 0.4) is 0 Å². The molecule has 0 spiro atoms. The van der Waals surface area contributed by atoms with Crippen molar-refractivity contribution < 1.29 is 13.9 Å². The maximum absolute atomic E-state index is 13.5. The molecule has 102 valence electrons. The summed E-state index contributed by atoms with van der Waals surface area (Å²) in [7, 11) is 0. The number of rotatable bonds is 5. The maximum atomic E-state index is 13.5. The van der Waals surface area contributed by atoms with Crippen LogP contribution in [0.15, 0.2) is 41.0 Å². The summed E-state index contributed by atoms with van der Waals surface area (Å²) in [6.45, 7) is 3.58. The van der Waals surface area contributed by atoms with Crippen molar-refractivity contribution in [2.24, 2.45) is 0 Å². The standard InChI is InChI=1S/C15H18FNO2/c1-10-5-6-12(8-13(10)16)11(2)17-14(9-18)15-4-3-7-19-15/h3-8,11,14,17-18H,9H2,1-2H3. The zero-order chi connectivity index (χ0) is 13.8. The van der Waals surface area contributed by atoms with Gasteiger partial charge in [-0.1, -0.05) is 12.1 Å². The lowest BCUT2D eigenvalue weighted by atomic mass is 10.0. The van der Waals surface area contributed by atoms with Crippen molar-refractivity contribution in [1.82, 2.24) is 5.32 Å². The van der Waals surface area contributed by atoms with Gasteiger partial charge in [-0.15, -0.1) is 0 Å². The van der Waals surface area contributed by atoms with Crippen LogP contribution < -0.4 is 5.32 Å². The zero-order valence-corrected chi connectivity index (χ0v) is 11.1. The summed E-state index contributed by atoms with van der Waals surface area (Å²) < 4.78 is 18.8. The van der Waals surface area contributed by atoms with E-state index in [1.54, 1.807) is 31.4 Å². The molecule has 1 heterocycles. The molecule has 0 bridgehead atoms. The Hall–Kier alpha value is -1.65. The van der Waals surface area contributed by atoms with Gasteiger partial charge in [-0.25, -0.2) is 4.39 Å². The molecule has 0 radical (unpaired) electrons. The molecule has 0 amide bonds. The van der Waals surface area contributed by atoms with Gasteiger partial charge in [0.25, 0.3) is 0 Å². The average molecular weight is 263 g/mol. The Kier molecular flexibility index (Phi) is 4.35. The third-order valence-electron chi connectivity index (χ3n) is 3.22. The Morgan fingerprint density at radius 2 is 2.16 bits per heavy atom. The third kappa shape index (κ3) is 3.22. The molecule has 4 heteroatoms. The van der Waals surface area contributed by atoms with Crippen molar-refractivity contribution in [3.63, 3.8) is 0 Å². The molecule has 2 rings (SSSR count). The Bertz CT molecular complexity index is 525. The monoisotopic (exact) mass is 263 g/mol. The molecule has 3 nitrogen and oxygen atoms in total. The van der Waals surface area contributed by atoms with E-state index in [9.17, 15) is 9.50 Å². The summed E-state index contributed by atoms with van der Waals surface area (Å²) in [5.41, 5.74) is 1.47. The number of halogens is 1. The minimum Gasteiger partial charge on any atom is -0.468 e. The molecule has 1 aromatic heterocycles. The second kappa shape index (κ2) is 5.99. The quantitative estimate of drug-likeness (QED) is 0.871. The smallest absolute Gasteiger partial charge is 0.126 e. The molecule has 0 saturated heterocycles. The highest BCUT2D eigenvalue weighted by Gasteiger charge is 2.17. The van der Waals surface area contributed by atoms with E-state index in [0.717, 1.165) is 5.56 Å². The largest absolute Gasteiger partial charge is 0.468 e. The van der Waals surface area contributed by atoms with Gasteiger partial charge < -0.3 is 9.52 Å². The van der Waals surface area contributed by atoms with Gasteiger partial charge in [0.2, 0.25) is 0 Å². The Balaban J connectivity index is 2.11. The molecular formula is C15H18FNO2. The molecule has 2 aromatic rings. The molecule has 0 aliphatic rings. The van der Waals surface area contributed by atoms with Crippen LogP contribution in [0.1, 0.15) is 35.9 Å². The van der Waals surface area contributed by atoms with Gasteiger partial charge in [0, 0.05) is 6.04 Å². The first-order valence-corrected chi connectivity index (χ1v) is 6.28. The van der Waals surface area contributed by atoms with Crippen LogP contribution in [-0.2, 0) is 0 Å². The summed E-state index contributed by atoms with van der Waals surface area (Å²) in [6.07, 6.45) is 1.57. The second-order valence-corrected chi connectivity index (χ2v) is 4.65. The van der Waals surface area contributed by atoms with Crippen LogP contribution >= 0.6 is 0 Å². The van der Waals surface area contributed by atoms with Gasteiger partial charge in [-0.3, -0.25) is 5.32 Å². The molecular weight excluding hydrogens is 245 g/mol.